The first-order valence-corrected chi connectivity index (χ1v) is 10.9. The van der Waals surface area contributed by atoms with E-state index >= 15 is 0 Å². The van der Waals surface area contributed by atoms with Gasteiger partial charge in [-0.15, -0.1) is 0 Å². The third-order valence-corrected chi connectivity index (χ3v) is 5.94. The summed E-state index contributed by atoms with van der Waals surface area (Å²) in [6.45, 7) is 1.15. The first-order chi connectivity index (χ1) is 16.8. The molecule has 3 aromatic heterocycles. The number of carbonyl (C=O) groups is 1. The summed E-state index contributed by atoms with van der Waals surface area (Å²) >= 11 is 0. The van der Waals surface area contributed by atoms with Gasteiger partial charge in [-0.2, -0.15) is 5.10 Å². The maximum atomic E-state index is 13.9. The van der Waals surface area contributed by atoms with Crippen LogP contribution in [0.15, 0.2) is 48.9 Å². The van der Waals surface area contributed by atoms with Crippen LogP contribution in [0.5, 0.6) is 0 Å². The summed E-state index contributed by atoms with van der Waals surface area (Å²) in [7, 11) is 0. The second-order valence-electron chi connectivity index (χ2n) is 8.48. The summed E-state index contributed by atoms with van der Waals surface area (Å²) in [4.78, 5) is 22.6. The number of nitrogens with one attached hydrogen (secondary N) is 2. The maximum Gasteiger partial charge on any atom is 0.278 e. The van der Waals surface area contributed by atoms with Crippen molar-refractivity contribution in [1.29, 1.82) is 0 Å². The van der Waals surface area contributed by atoms with Crippen LogP contribution < -0.4 is 5.32 Å². The number of alkyl halides is 2. The van der Waals surface area contributed by atoms with E-state index in [0.717, 1.165) is 22.9 Å². The highest BCUT2D eigenvalue weighted by Crippen LogP contribution is 2.30. The van der Waals surface area contributed by atoms with E-state index in [2.05, 4.69) is 25.5 Å². The van der Waals surface area contributed by atoms with Gasteiger partial charge in [-0.3, -0.25) is 19.8 Å². The Morgan fingerprint density at radius 3 is 2.63 bits per heavy atom. The molecule has 1 amide bonds. The van der Waals surface area contributed by atoms with Gasteiger partial charge in [-0.1, -0.05) is 6.07 Å². The van der Waals surface area contributed by atoms with E-state index in [1.165, 1.54) is 0 Å². The molecule has 5 rings (SSSR count). The molecule has 0 aliphatic carbocycles. The van der Waals surface area contributed by atoms with Crippen LogP contribution in [0.25, 0.3) is 22.0 Å². The number of amides is 1. The fourth-order valence-electron chi connectivity index (χ4n) is 4.07. The van der Waals surface area contributed by atoms with E-state index in [-0.39, 0.29) is 18.5 Å². The molecule has 0 atom stereocenters. The fourth-order valence-corrected chi connectivity index (χ4v) is 4.07. The number of nitrogens with zero attached hydrogens (tertiary/aromatic N) is 4. The van der Waals surface area contributed by atoms with Gasteiger partial charge in [0, 0.05) is 61.9 Å². The van der Waals surface area contributed by atoms with Crippen LogP contribution in [-0.2, 0) is 6.54 Å². The van der Waals surface area contributed by atoms with Gasteiger partial charge in [0.05, 0.1) is 11.7 Å². The monoisotopic (exact) mass is 484 g/mol. The highest BCUT2D eigenvalue weighted by molar-refractivity contribution is 6.11. The standard InChI is InChI=1S/C24H20F4N6O/c25-17-9-19(26)22(30-12-17)31-23(35)21-18-8-15(1-2-20(18)32-33-21)16-7-14(10-29-11-16)13-34-5-3-24(27,28)4-6-34/h1-2,7-12H,3-6,13H2,(H,32,33)(H,30,31,35). The minimum Gasteiger partial charge on any atom is -0.303 e. The quantitative estimate of drug-likeness (QED) is 0.398. The molecule has 1 fully saturated rings. The van der Waals surface area contributed by atoms with Gasteiger partial charge in [0.15, 0.2) is 17.3 Å². The number of hydrogen-bond acceptors (Lipinski definition) is 5. The molecular formula is C24H20F4N6O. The maximum absolute atomic E-state index is 13.9. The number of pyridine rings is 2. The number of H-pyrrole nitrogens is 1. The molecule has 180 valence electrons. The first-order valence-electron chi connectivity index (χ1n) is 10.9. The smallest absolute Gasteiger partial charge is 0.278 e. The van der Waals surface area contributed by atoms with Crippen LogP contribution in [0.4, 0.5) is 23.4 Å². The molecule has 7 nitrogen and oxygen atoms in total. The van der Waals surface area contributed by atoms with Gasteiger partial charge >= 0.3 is 0 Å². The van der Waals surface area contributed by atoms with Gasteiger partial charge in [0.1, 0.15) is 5.82 Å². The third kappa shape index (κ3) is 4.99. The second-order valence-corrected chi connectivity index (χ2v) is 8.48. The molecule has 1 aliphatic rings. The topological polar surface area (TPSA) is 86.8 Å². The van der Waals surface area contributed by atoms with Crippen LogP contribution in [0, 0.1) is 11.6 Å². The van der Waals surface area contributed by atoms with E-state index in [0.29, 0.717) is 36.6 Å². The molecule has 0 unspecified atom stereocenters. The van der Waals surface area contributed by atoms with Crippen molar-refractivity contribution in [3.8, 4) is 11.1 Å². The van der Waals surface area contributed by atoms with Crippen molar-refractivity contribution in [2.75, 3.05) is 18.4 Å². The number of hydrogen-bond donors (Lipinski definition) is 2. The molecule has 1 aromatic carbocycles. The number of fused-ring (bicyclic) bond motifs is 1. The van der Waals surface area contributed by atoms with Crippen LogP contribution in [0.1, 0.15) is 28.9 Å². The average molecular weight is 484 g/mol. The van der Waals surface area contributed by atoms with Gasteiger partial charge in [0.25, 0.3) is 11.8 Å². The zero-order valence-corrected chi connectivity index (χ0v) is 18.4. The zero-order valence-electron chi connectivity index (χ0n) is 18.4. The van der Waals surface area contributed by atoms with Crippen LogP contribution in [0.3, 0.4) is 0 Å². The Kier molecular flexibility index (Phi) is 5.93. The molecule has 1 aliphatic heterocycles. The number of benzene rings is 1. The van der Waals surface area contributed by atoms with Crippen molar-refractivity contribution in [3.05, 3.63) is 71.8 Å². The normalized spacial score (nSPS) is 15.9. The molecular weight excluding hydrogens is 464 g/mol. The van der Waals surface area contributed by atoms with E-state index in [1.807, 2.05) is 17.0 Å². The van der Waals surface area contributed by atoms with Crippen LogP contribution in [-0.4, -0.2) is 50.0 Å². The number of halogens is 4. The summed E-state index contributed by atoms with van der Waals surface area (Å²) < 4.78 is 53.9. The Bertz CT molecular complexity index is 1400. The molecule has 2 N–H and O–H groups in total. The molecule has 0 saturated carbocycles. The van der Waals surface area contributed by atoms with Crippen molar-refractivity contribution in [2.24, 2.45) is 0 Å². The fraction of sp³-hybridized carbons (Fsp3) is 0.250. The van der Waals surface area contributed by atoms with E-state index in [4.69, 9.17) is 0 Å². The zero-order chi connectivity index (χ0) is 24.6. The van der Waals surface area contributed by atoms with Crippen LogP contribution in [0.2, 0.25) is 0 Å². The summed E-state index contributed by atoms with van der Waals surface area (Å²) in [6.07, 6.45) is 3.87. The average Bonchev–Trinajstić information content (AvgIpc) is 3.26. The molecule has 4 heterocycles. The molecule has 0 spiro atoms. The SMILES string of the molecule is O=C(Nc1ncc(F)cc1F)c1n[nH]c2ccc(-c3cncc(CN4CCC(F)(F)CC4)c3)cc12. The molecule has 0 radical (unpaired) electrons. The lowest BCUT2D eigenvalue weighted by atomic mass is 10.0. The Hall–Kier alpha value is -3.86. The molecule has 11 heteroatoms. The Balaban J connectivity index is 1.37. The van der Waals surface area contributed by atoms with Crippen molar-refractivity contribution in [2.45, 2.75) is 25.3 Å². The van der Waals surface area contributed by atoms with Gasteiger partial charge < -0.3 is 5.32 Å². The molecule has 1 saturated heterocycles. The summed E-state index contributed by atoms with van der Waals surface area (Å²) in [6, 6.07) is 7.90. The highest BCUT2D eigenvalue weighted by Gasteiger charge is 2.33. The van der Waals surface area contributed by atoms with Crippen molar-refractivity contribution >= 4 is 22.6 Å². The van der Waals surface area contributed by atoms with Gasteiger partial charge in [-0.25, -0.2) is 22.5 Å². The predicted octanol–water partition coefficient (Wildman–Crippen LogP) is 4.78. The second kappa shape index (κ2) is 9.06. The number of rotatable bonds is 5. The minimum atomic E-state index is -2.60. The first kappa shape index (κ1) is 22.9. The van der Waals surface area contributed by atoms with Crippen molar-refractivity contribution in [3.63, 3.8) is 0 Å². The van der Waals surface area contributed by atoms with Crippen LogP contribution >= 0.6 is 0 Å². The number of aromatic amines is 1. The van der Waals surface area contributed by atoms with Crippen molar-refractivity contribution < 1.29 is 22.4 Å². The largest absolute Gasteiger partial charge is 0.303 e. The number of likely N-dealkylation sites (tertiary alicyclic amines) is 1. The lowest BCUT2D eigenvalue weighted by Crippen LogP contribution is -2.38. The predicted molar refractivity (Wildman–Crippen MR) is 121 cm³/mol. The lowest BCUT2D eigenvalue weighted by molar-refractivity contribution is -0.0566. The third-order valence-electron chi connectivity index (χ3n) is 5.94. The number of carbonyl (C=O) groups excluding carboxylic acids is 1. The Morgan fingerprint density at radius 2 is 1.86 bits per heavy atom. The Labute approximate surface area is 197 Å². The van der Waals surface area contributed by atoms with E-state index in [1.54, 1.807) is 24.5 Å². The molecule has 0 bridgehead atoms. The highest BCUT2D eigenvalue weighted by atomic mass is 19.3. The number of anilines is 1. The Morgan fingerprint density at radius 1 is 1.06 bits per heavy atom. The molecule has 35 heavy (non-hydrogen) atoms. The summed E-state index contributed by atoms with van der Waals surface area (Å²) in [5.41, 5.74) is 3.04. The number of aromatic nitrogens is 4. The van der Waals surface area contributed by atoms with Crippen molar-refractivity contribution in [1.82, 2.24) is 25.1 Å². The van der Waals surface area contributed by atoms with E-state index in [9.17, 15) is 22.4 Å². The summed E-state index contributed by atoms with van der Waals surface area (Å²) in [5.74, 6) is -5.57. The lowest BCUT2D eigenvalue weighted by Gasteiger charge is -2.31. The number of piperidine rings is 1. The molecule has 4 aromatic rings. The van der Waals surface area contributed by atoms with Gasteiger partial charge in [-0.05, 0) is 29.3 Å². The summed E-state index contributed by atoms with van der Waals surface area (Å²) in [5, 5.41) is 9.59. The van der Waals surface area contributed by atoms with Gasteiger partial charge in [0.2, 0.25) is 0 Å². The minimum absolute atomic E-state index is 0.0192. The van der Waals surface area contributed by atoms with E-state index < -0.39 is 29.3 Å².